The molecule has 8 heteroatoms. The maximum absolute atomic E-state index is 12.4. The van der Waals surface area contributed by atoms with Crippen LogP contribution in [0.4, 0.5) is 5.69 Å². The summed E-state index contributed by atoms with van der Waals surface area (Å²) in [5, 5.41) is 20.8. The Labute approximate surface area is 211 Å². The van der Waals surface area contributed by atoms with Crippen LogP contribution in [0.25, 0.3) is 0 Å². The molecular weight excluding hydrogens is 462 g/mol. The number of aromatic nitrogens is 3. The van der Waals surface area contributed by atoms with Gasteiger partial charge >= 0.3 is 0 Å². The van der Waals surface area contributed by atoms with Gasteiger partial charge in [0.05, 0.1) is 19.1 Å². The van der Waals surface area contributed by atoms with Crippen molar-refractivity contribution in [2.75, 3.05) is 18.4 Å². The quantitative estimate of drug-likeness (QED) is 0.278. The van der Waals surface area contributed by atoms with Crippen LogP contribution in [0.3, 0.4) is 0 Å². The van der Waals surface area contributed by atoms with Crippen LogP contribution in [0.2, 0.25) is 0 Å². The lowest BCUT2D eigenvalue weighted by molar-refractivity contribution is -0.115. The average molecular weight is 492 g/mol. The van der Waals surface area contributed by atoms with Crippen LogP contribution in [0.1, 0.15) is 28.6 Å². The predicted octanol–water partition coefficient (Wildman–Crippen LogP) is 3.80. The Balaban J connectivity index is 0.00000342. The van der Waals surface area contributed by atoms with Gasteiger partial charge in [-0.3, -0.25) is 4.79 Å². The molecule has 3 N–H and O–H groups in total. The lowest BCUT2D eigenvalue weighted by Gasteiger charge is -2.12. The predicted molar refractivity (Wildman–Crippen MR) is 140 cm³/mol. The van der Waals surface area contributed by atoms with Crippen LogP contribution in [-0.4, -0.2) is 38.9 Å². The number of nitrogens with one attached hydrogen (secondary N) is 2. The van der Waals surface area contributed by atoms with Gasteiger partial charge < -0.3 is 15.7 Å². The number of aliphatic hydroxyl groups is 1. The average Bonchev–Trinajstić information content (AvgIpc) is 3.30. The van der Waals surface area contributed by atoms with E-state index in [1.807, 2.05) is 84.9 Å². The van der Waals surface area contributed by atoms with E-state index in [1.54, 1.807) is 11.0 Å². The molecule has 35 heavy (non-hydrogen) atoms. The second-order valence-electron chi connectivity index (χ2n) is 8.15. The van der Waals surface area contributed by atoms with Crippen LogP contribution in [0.5, 0.6) is 0 Å². The Morgan fingerprint density at radius 1 is 0.914 bits per heavy atom. The number of hydrogen-bond donors (Lipinski definition) is 3. The standard InChI is InChI=1S/C27H29N5O2.ClH/c33-25(23-9-5-2-6-10-23)18-28-16-15-21-11-13-24(14-12-21)30-27(34)17-26-29-20-32(31-26)19-22-7-3-1-4-8-22;/h1-14,20,25,28,33H,15-19H2,(H,30,34);1H/t25-;/m0./s1. The molecule has 0 saturated carbocycles. The van der Waals surface area contributed by atoms with Gasteiger partial charge in [-0.05, 0) is 41.8 Å². The van der Waals surface area contributed by atoms with Gasteiger partial charge in [-0.1, -0.05) is 72.8 Å². The molecule has 1 heterocycles. The van der Waals surface area contributed by atoms with Gasteiger partial charge in [0, 0.05) is 12.2 Å². The van der Waals surface area contributed by atoms with Crippen molar-refractivity contribution < 1.29 is 9.90 Å². The normalized spacial score (nSPS) is 11.5. The van der Waals surface area contributed by atoms with Crippen molar-refractivity contribution in [2.45, 2.75) is 25.5 Å². The summed E-state index contributed by atoms with van der Waals surface area (Å²) >= 11 is 0. The van der Waals surface area contributed by atoms with E-state index in [4.69, 9.17) is 0 Å². The van der Waals surface area contributed by atoms with Crippen molar-refractivity contribution >= 4 is 24.0 Å². The molecule has 7 nitrogen and oxygen atoms in total. The largest absolute Gasteiger partial charge is 0.387 e. The number of aliphatic hydroxyl groups excluding tert-OH is 1. The summed E-state index contributed by atoms with van der Waals surface area (Å²) < 4.78 is 1.74. The zero-order valence-electron chi connectivity index (χ0n) is 19.4. The third-order valence-electron chi connectivity index (χ3n) is 5.44. The number of benzene rings is 3. The van der Waals surface area contributed by atoms with Crippen molar-refractivity contribution in [3.8, 4) is 0 Å². The van der Waals surface area contributed by atoms with Gasteiger partial charge in [-0.25, -0.2) is 9.67 Å². The topological polar surface area (TPSA) is 92.1 Å². The maximum atomic E-state index is 12.4. The van der Waals surface area contributed by atoms with Crippen LogP contribution in [0.15, 0.2) is 91.3 Å². The summed E-state index contributed by atoms with van der Waals surface area (Å²) in [6, 6.07) is 27.4. The minimum absolute atomic E-state index is 0. The van der Waals surface area contributed by atoms with E-state index in [9.17, 15) is 9.90 Å². The highest BCUT2D eigenvalue weighted by Crippen LogP contribution is 2.12. The Hall–Kier alpha value is -3.52. The molecule has 0 bridgehead atoms. The van der Waals surface area contributed by atoms with Crippen molar-refractivity contribution in [3.63, 3.8) is 0 Å². The van der Waals surface area contributed by atoms with Gasteiger partial charge in [-0.2, -0.15) is 5.10 Å². The van der Waals surface area contributed by atoms with E-state index in [0.717, 1.165) is 35.3 Å². The van der Waals surface area contributed by atoms with Crippen LogP contribution in [-0.2, 0) is 24.2 Å². The minimum atomic E-state index is -0.516. The third kappa shape index (κ3) is 8.33. The van der Waals surface area contributed by atoms with Crippen molar-refractivity contribution in [3.05, 3.63) is 114 Å². The van der Waals surface area contributed by atoms with E-state index in [2.05, 4.69) is 20.7 Å². The summed E-state index contributed by atoms with van der Waals surface area (Å²) in [7, 11) is 0. The number of rotatable bonds is 11. The fraction of sp³-hybridized carbons (Fsp3) is 0.222. The second kappa shape index (κ2) is 13.4. The molecule has 0 aliphatic rings. The van der Waals surface area contributed by atoms with E-state index in [0.29, 0.717) is 18.9 Å². The molecule has 0 fully saturated rings. The first-order valence-corrected chi connectivity index (χ1v) is 11.4. The van der Waals surface area contributed by atoms with E-state index in [1.165, 1.54) is 0 Å². The molecule has 182 valence electrons. The highest BCUT2D eigenvalue weighted by molar-refractivity contribution is 5.91. The fourth-order valence-corrected chi connectivity index (χ4v) is 3.63. The van der Waals surface area contributed by atoms with E-state index >= 15 is 0 Å². The highest BCUT2D eigenvalue weighted by atomic mass is 35.5. The lowest BCUT2D eigenvalue weighted by Crippen LogP contribution is -2.23. The SMILES string of the molecule is Cl.O=C(Cc1ncn(Cc2ccccc2)n1)Nc1ccc(CCNC[C@H](O)c2ccccc2)cc1. The molecule has 0 saturated heterocycles. The third-order valence-corrected chi connectivity index (χ3v) is 5.44. The van der Waals surface area contributed by atoms with Crippen molar-refractivity contribution in [1.82, 2.24) is 20.1 Å². The first-order chi connectivity index (χ1) is 16.7. The molecule has 4 aromatic rings. The zero-order chi connectivity index (χ0) is 23.6. The number of nitrogens with zero attached hydrogens (tertiary/aromatic N) is 3. The molecule has 4 rings (SSSR count). The molecular formula is C27H30ClN5O2. The fourth-order valence-electron chi connectivity index (χ4n) is 3.63. The second-order valence-corrected chi connectivity index (χ2v) is 8.15. The van der Waals surface area contributed by atoms with Gasteiger partial charge in [0.15, 0.2) is 5.82 Å². The van der Waals surface area contributed by atoms with Gasteiger partial charge in [-0.15, -0.1) is 12.4 Å². The van der Waals surface area contributed by atoms with E-state index < -0.39 is 6.10 Å². The van der Waals surface area contributed by atoms with E-state index in [-0.39, 0.29) is 24.7 Å². The number of anilines is 1. The Morgan fingerprint density at radius 3 is 2.31 bits per heavy atom. The van der Waals surface area contributed by atoms with Crippen LogP contribution < -0.4 is 10.6 Å². The molecule has 1 aromatic heterocycles. The van der Waals surface area contributed by atoms with Gasteiger partial charge in [0.2, 0.25) is 5.91 Å². The van der Waals surface area contributed by atoms with Gasteiger partial charge in [0.1, 0.15) is 6.33 Å². The molecule has 0 aliphatic carbocycles. The monoisotopic (exact) mass is 491 g/mol. The number of carbonyl (C=O) groups is 1. The number of hydrogen-bond acceptors (Lipinski definition) is 5. The van der Waals surface area contributed by atoms with Crippen LogP contribution in [0, 0.1) is 0 Å². The van der Waals surface area contributed by atoms with Gasteiger partial charge in [0.25, 0.3) is 0 Å². The molecule has 0 unspecified atom stereocenters. The smallest absolute Gasteiger partial charge is 0.232 e. The Morgan fingerprint density at radius 2 is 1.60 bits per heavy atom. The Bertz CT molecular complexity index is 1170. The molecule has 0 radical (unpaired) electrons. The Kier molecular flexibility index (Phi) is 9.98. The van der Waals surface area contributed by atoms with Crippen molar-refractivity contribution in [1.29, 1.82) is 0 Å². The summed E-state index contributed by atoms with van der Waals surface area (Å²) in [6.45, 7) is 1.89. The summed E-state index contributed by atoms with van der Waals surface area (Å²) in [5.74, 6) is 0.343. The summed E-state index contributed by atoms with van der Waals surface area (Å²) in [5.41, 5.74) is 3.94. The zero-order valence-corrected chi connectivity index (χ0v) is 20.2. The molecule has 3 aromatic carbocycles. The molecule has 1 atom stereocenters. The van der Waals surface area contributed by atoms with Crippen LogP contribution >= 0.6 is 12.4 Å². The summed E-state index contributed by atoms with van der Waals surface area (Å²) in [4.78, 5) is 16.6. The highest BCUT2D eigenvalue weighted by Gasteiger charge is 2.09. The lowest BCUT2D eigenvalue weighted by atomic mass is 10.1. The molecule has 0 spiro atoms. The van der Waals surface area contributed by atoms with Crippen molar-refractivity contribution in [2.24, 2.45) is 0 Å². The first-order valence-electron chi connectivity index (χ1n) is 11.4. The first kappa shape index (κ1) is 26.1. The molecule has 0 aliphatic heterocycles. The molecule has 1 amide bonds. The number of carbonyl (C=O) groups excluding carboxylic acids is 1. The number of amides is 1. The minimum Gasteiger partial charge on any atom is -0.387 e. The maximum Gasteiger partial charge on any atom is 0.232 e. The summed E-state index contributed by atoms with van der Waals surface area (Å²) in [6.07, 6.45) is 2.09. The number of halogens is 1.